The van der Waals surface area contributed by atoms with E-state index in [0.717, 1.165) is 11.3 Å². The highest BCUT2D eigenvalue weighted by Gasteiger charge is 2.49. The Hall–Kier alpha value is -2.84. The summed E-state index contributed by atoms with van der Waals surface area (Å²) in [6.45, 7) is 2.59. The van der Waals surface area contributed by atoms with E-state index >= 15 is 0 Å². The fraction of sp³-hybridized carbons (Fsp3) is 0.409. The normalized spacial score (nSPS) is 26.0. The van der Waals surface area contributed by atoms with Crippen molar-refractivity contribution >= 4 is 6.03 Å². The molecule has 0 unspecified atom stereocenters. The van der Waals surface area contributed by atoms with Crippen LogP contribution in [0.3, 0.4) is 0 Å². The number of hydrogen-bond donors (Lipinski definition) is 2. The van der Waals surface area contributed by atoms with E-state index in [2.05, 4.69) is 10.6 Å². The van der Waals surface area contributed by atoms with Gasteiger partial charge in [-0.25, -0.2) is 9.18 Å². The quantitative estimate of drug-likeness (QED) is 0.757. The van der Waals surface area contributed by atoms with Crippen LogP contribution >= 0.6 is 0 Å². The molecule has 2 aromatic carbocycles. The van der Waals surface area contributed by atoms with Crippen LogP contribution in [0.1, 0.15) is 18.5 Å². The molecular weight excluding hydrogens is 391 g/mol. The van der Waals surface area contributed by atoms with Gasteiger partial charge in [-0.2, -0.15) is 0 Å². The predicted octanol–water partition coefficient (Wildman–Crippen LogP) is 2.81. The van der Waals surface area contributed by atoms with Crippen LogP contribution in [0.2, 0.25) is 0 Å². The molecule has 0 bridgehead atoms. The Balaban J connectivity index is 1.29. The van der Waals surface area contributed by atoms with Gasteiger partial charge in [0.15, 0.2) is 6.10 Å². The first-order chi connectivity index (χ1) is 14.5. The zero-order valence-electron chi connectivity index (χ0n) is 16.8. The maximum atomic E-state index is 13.1. The number of amides is 2. The maximum absolute atomic E-state index is 13.1. The molecule has 0 radical (unpaired) electrons. The van der Waals surface area contributed by atoms with Crippen LogP contribution in [0.15, 0.2) is 48.5 Å². The van der Waals surface area contributed by atoms with Gasteiger partial charge in [0.05, 0.1) is 32.4 Å². The lowest BCUT2D eigenvalue weighted by Gasteiger charge is -2.20. The minimum atomic E-state index is -0.320. The summed E-state index contributed by atoms with van der Waals surface area (Å²) in [5.74, 6) is 0.996. The Labute approximate surface area is 174 Å². The van der Waals surface area contributed by atoms with Gasteiger partial charge in [-0.15, -0.1) is 0 Å². The van der Waals surface area contributed by atoms with Crippen molar-refractivity contribution in [3.63, 3.8) is 0 Å². The number of ether oxygens (including phenoxy) is 4. The van der Waals surface area contributed by atoms with Gasteiger partial charge in [-0.1, -0.05) is 12.1 Å². The first-order valence-electron chi connectivity index (χ1n) is 9.90. The fourth-order valence-electron chi connectivity index (χ4n) is 3.76. The van der Waals surface area contributed by atoms with E-state index in [4.69, 9.17) is 18.9 Å². The summed E-state index contributed by atoms with van der Waals surface area (Å²) in [7, 11) is 1.61. The molecule has 2 heterocycles. The molecule has 0 aliphatic carbocycles. The predicted molar refractivity (Wildman–Crippen MR) is 107 cm³/mol. The molecule has 2 fully saturated rings. The number of halogens is 1. The number of benzene rings is 2. The van der Waals surface area contributed by atoms with E-state index in [-0.39, 0.29) is 42.2 Å². The molecule has 0 saturated carbocycles. The zero-order valence-corrected chi connectivity index (χ0v) is 16.8. The van der Waals surface area contributed by atoms with Gasteiger partial charge in [-0.3, -0.25) is 0 Å². The van der Waals surface area contributed by atoms with Crippen molar-refractivity contribution in [3.05, 3.63) is 59.9 Å². The van der Waals surface area contributed by atoms with Crippen LogP contribution in [-0.2, 0) is 9.47 Å². The Morgan fingerprint density at radius 3 is 2.40 bits per heavy atom. The molecule has 2 aliphatic heterocycles. The third-order valence-corrected chi connectivity index (χ3v) is 5.39. The Bertz CT molecular complexity index is 861. The third kappa shape index (κ3) is 4.49. The van der Waals surface area contributed by atoms with Crippen LogP contribution in [0.5, 0.6) is 11.5 Å². The van der Waals surface area contributed by atoms with Gasteiger partial charge in [0.1, 0.15) is 29.5 Å². The highest BCUT2D eigenvalue weighted by atomic mass is 19.1. The summed E-state index contributed by atoms with van der Waals surface area (Å²) in [5.41, 5.74) is 0.969. The summed E-state index contributed by atoms with van der Waals surface area (Å²) < 4.78 is 35.8. The van der Waals surface area contributed by atoms with Crippen LogP contribution in [0.25, 0.3) is 0 Å². The van der Waals surface area contributed by atoms with Gasteiger partial charge in [0.2, 0.25) is 0 Å². The minimum Gasteiger partial charge on any atom is -0.497 e. The van der Waals surface area contributed by atoms with Crippen molar-refractivity contribution in [1.29, 1.82) is 0 Å². The highest BCUT2D eigenvalue weighted by Crippen LogP contribution is 2.30. The molecule has 2 N–H and O–H groups in total. The Kier molecular flexibility index (Phi) is 6.06. The molecule has 8 heteroatoms. The van der Waals surface area contributed by atoms with Crippen molar-refractivity contribution < 1.29 is 28.1 Å². The van der Waals surface area contributed by atoms with Crippen molar-refractivity contribution in [2.75, 3.05) is 20.3 Å². The van der Waals surface area contributed by atoms with Crippen molar-refractivity contribution in [2.45, 2.75) is 37.3 Å². The van der Waals surface area contributed by atoms with Crippen LogP contribution in [0, 0.1) is 5.82 Å². The number of urea groups is 1. The number of fused-ring (bicyclic) bond motifs is 1. The molecule has 4 rings (SSSR count). The average molecular weight is 416 g/mol. The molecule has 160 valence electrons. The number of methoxy groups -OCH3 is 1. The maximum Gasteiger partial charge on any atom is 0.315 e. The van der Waals surface area contributed by atoms with Gasteiger partial charge in [0.25, 0.3) is 0 Å². The SMILES string of the molecule is COc1ccc([C@H](C)NC(=O)N[C@H]2CO[C@H]3[C@@H]2OC[C@@H]3Oc2ccc(F)cc2)cc1. The smallest absolute Gasteiger partial charge is 0.315 e. The van der Waals surface area contributed by atoms with E-state index in [0.29, 0.717) is 19.0 Å². The van der Waals surface area contributed by atoms with Crippen LogP contribution < -0.4 is 20.1 Å². The molecule has 30 heavy (non-hydrogen) atoms. The first kappa shape index (κ1) is 20.4. The van der Waals surface area contributed by atoms with Crippen molar-refractivity contribution in [1.82, 2.24) is 10.6 Å². The summed E-state index contributed by atoms with van der Waals surface area (Å²) in [5, 5.41) is 5.86. The molecule has 0 aromatic heterocycles. The largest absolute Gasteiger partial charge is 0.497 e. The molecular formula is C22H25FN2O5. The Morgan fingerprint density at radius 1 is 1.03 bits per heavy atom. The number of carbonyl (C=O) groups excluding carboxylic acids is 1. The molecule has 2 saturated heterocycles. The molecule has 2 amide bonds. The first-order valence-corrected chi connectivity index (χ1v) is 9.90. The Morgan fingerprint density at radius 2 is 1.70 bits per heavy atom. The molecule has 5 atom stereocenters. The van der Waals surface area contributed by atoms with E-state index in [1.165, 1.54) is 12.1 Å². The minimum absolute atomic E-state index is 0.173. The molecule has 7 nitrogen and oxygen atoms in total. The van der Waals surface area contributed by atoms with E-state index in [1.807, 2.05) is 31.2 Å². The number of nitrogens with one attached hydrogen (secondary N) is 2. The second kappa shape index (κ2) is 8.89. The topological polar surface area (TPSA) is 78.1 Å². The summed E-state index contributed by atoms with van der Waals surface area (Å²) in [4.78, 5) is 12.5. The van der Waals surface area contributed by atoms with Gasteiger partial charge in [-0.05, 0) is 48.9 Å². The summed E-state index contributed by atoms with van der Waals surface area (Å²) in [6, 6.07) is 12.6. The third-order valence-electron chi connectivity index (χ3n) is 5.39. The van der Waals surface area contributed by atoms with E-state index in [1.54, 1.807) is 19.2 Å². The number of carbonyl (C=O) groups is 1. The fourth-order valence-corrected chi connectivity index (χ4v) is 3.76. The van der Waals surface area contributed by atoms with Crippen LogP contribution in [0.4, 0.5) is 9.18 Å². The summed E-state index contributed by atoms with van der Waals surface area (Å²) >= 11 is 0. The second-order valence-electron chi connectivity index (χ2n) is 7.43. The van der Waals surface area contributed by atoms with E-state index < -0.39 is 0 Å². The number of rotatable bonds is 6. The van der Waals surface area contributed by atoms with Crippen LogP contribution in [-0.4, -0.2) is 50.7 Å². The molecule has 2 aliphatic rings. The van der Waals surface area contributed by atoms with E-state index in [9.17, 15) is 9.18 Å². The zero-order chi connectivity index (χ0) is 21.1. The van der Waals surface area contributed by atoms with Crippen molar-refractivity contribution in [2.24, 2.45) is 0 Å². The highest BCUT2D eigenvalue weighted by molar-refractivity contribution is 5.75. The summed E-state index contributed by atoms with van der Waals surface area (Å²) in [6.07, 6.45) is -0.898. The van der Waals surface area contributed by atoms with Crippen molar-refractivity contribution in [3.8, 4) is 11.5 Å². The lowest BCUT2D eigenvalue weighted by Crippen LogP contribution is -2.48. The molecule has 0 spiro atoms. The standard InChI is InChI=1S/C22H25FN2O5/c1-13(14-3-7-16(27-2)8-4-14)24-22(26)25-18-11-28-21-19(12-29-20(18)21)30-17-9-5-15(23)6-10-17/h3-10,13,18-21H,11-12H2,1-2H3,(H2,24,25,26)/t13-,18-,19-,20+,21+/m0/s1. The lowest BCUT2D eigenvalue weighted by molar-refractivity contribution is 0.0303. The number of hydrogen-bond acceptors (Lipinski definition) is 5. The van der Waals surface area contributed by atoms with Gasteiger partial charge < -0.3 is 29.6 Å². The second-order valence-corrected chi connectivity index (χ2v) is 7.43. The monoisotopic (exact) mass is 416 g/mol. The average Bonchev–Trinajstić information content (AvgIpc) is 3.33. The van der Waals surface area contributed by atoms with Gasteiger partial charge >= 0.3 is 6.03 Å². The lowest BCUT2D eigenvalue weighted by atomic mass is 10.1. The van der Waals surface area contributed by atoms with Gasteiger partial charge in [0, 0.05) is 0 Å². The molecule has 2 aromatic rings.